The first-order valence-corrected chi connectivity index (χ1v) is 5.68. The van der Waals surface area contributed by atoms with E-state index < -0.39 is 0 Å². The number of aryl methyl sites for hydroxylation is 2. The number of nitrogens with zero attached hydrogens (tertiary/aromatic N) is 2. The quantitative estimate of drug-likeness (QED) is 0.701. The molecule has 0 aromatic carbocycles. The number of aromatic nitrogens is 2. The van der Waals surface area contributed by atoms with Gasteiger partial charge in [0, 0.05) is 4.88 Å². The molecule has 0 atom stereocenters. The lowest BCUT2D eigenvalue weighted by molar-refractivity contribution is 0.917. The monoisotopic (exact) mass is 225 g/mol. The lowest BCUT2D eigenvalue weighted by Crippen LogP contribution is -1.94. The minimum absolute atomic E-state index is 0.245. The molecular weight excluding hydrogens is 218 g/mol. The van der Waals surface area contributed by atoms with Gasteiger partial charge in [0.1, 0.15) is 10.6 Å². The minimum atomic E-state index is 0.245. The number of rotatable bonds is 0. The predicted octanol–water partition coefficient (Wildman–Crippen LogP) is 2.42. The van der Waals surface area contributed by atoms with Crippen LogP contribution in [0.25, 0.3) is 10.2 Å². The van der Waals surface area contributed by atoms with Crippen LogP contribution in [0, 0.1) is 0 Å². The Hall–Kier alpha value is -0.870. The molecule has 0 spiro atoms. The van der Waals surface area contributed by atoms with Gasteiger partial charge < -0.3 is 5.73 Å². The Bertz CT molecular complexity index is 520. The van der Waals surface area contributed by atoms with E-state index in [2.05, 4.69) is 9.97 Å². The van der Waals surface area contributed by atoms with Gasteiger partial charge in [0.2, 0.25) is 5.28 Å². The number of nitrogens with two attached hydrogens (primary N) is 1. The summed E-state index contributed by atoms with van der Waals surface area (Å²) in [6.45, 7) is 0. The summed E-state index contributed by atoms with van der Waals surface area (Å²) in [6.07, 6.45) is 3.47. The molecule has 0 bridgehead atoms. The summed E-state index contributed by atoms with van der Waals surface area (Å²) in [4.78, 5) is 10.5. The van der Waals surface area contributed by atoms with Gasteiger partial charge in [-0.15, -0.1) is 11.3 Å². The third-order valence-electron chi connectivity index (χ3n) is 2.57. The molecule has 0 radical (unpaired) electrons. The highest BCUT2D eigenvalue weighted by molar-refractivity contribution is 7.19. The van der Waals surface area contributed by atoms with Crippen LogP contribution in [-0.2, 0) is 12.8 Å². The van der Waals surface area contributed by atoms with Crippen LogP contribution in [-0.4, -0.2) is 9.97 Å². The van der Waals surface area contributed by atoms with Crippen molar-refractivity contribution in [2.24, 2.45) is 0 Å². The number of anilines is 1. The molecular formula is C9H8ClN3S. The van der Waals surface area contributed by atoms with E-state index in [4.69, 9.17) is 17.3 Å². The highest BCUT2D eigenvalue weighted by Crippen LogP contribution is 2.38. The number of hydrogen-bond acceptors (Lipinski definition) is 4. The van der Waals surface area contributed by atoms with E-state index in [0.717, 1.165) is 23.1 Å². The molecule has 0 amide bonds. The van der Waals surface area contributed by atoms with E-state index in [1.165, 1.54) is 16.9 Å². The molecule has 2 aromatic rings. The van der Waals surface area contributed by atoms with Gasteiger partial charge in [-0.05, 0) is 36.4 Å². The van der Waals surface area contributed by atoms with Crippen molar-refractivity contribution in [3.8, 4) is 0 Å². The molecule has 3 rings (SSSR count). The van der Waals surface area contributed by atoms with Crippen molar-refractivity contribution in [2.45, 2.75) is 19.3 Å². The molecule has 72 valence electrons. The Morgan fingerprint density at radius 2 is 2.14 bits per heavy atom. The highest BCUT2D eigenvalue weighted by Gasteiger charge is 2.20. The summed E-state index contributed by atoms with van der Waals surface area (Å²) < 4.78 is 0. The van der Waals surface area contributed by atoms with Gasteiger partial charge in [-0.3, -0.25) is 0 Å². The SMILES string of the molecule is Nc1nc(Cl)nc2sc3c(c12)CCC3. The van der Waals surface area contributed by atoms with Gasteiger partial charge >= 0.3 is 0 Å². The zero-order valence-corrected chi connectivity index (χ0v) is 8.95. The summed E-state index contributed by atoms with van der Waals surface area (Å²) >= 11 is 7.45. The minimum Gasteiger partial charge on any atom is -0.383 e. The fraction of sp³-hybridized carbons (Fsp3) is 0.333. The first kappa shape index (κ1) is 8.44. The van der Waals surface area contributed by atoms with Gasteiger partial charge in [-0.1, -0.05) is 0 Å². The third-order valence-corrected chi connectivity index (χ3v) is 3.92. The second kappa shape index (κ2) is 2.81. The molecule has 0 unspecified atom stereocenters. The molecule has 0 saturated carbocycles. The Morgan fingerprint density at radius 1 is 1.29 bits per heavy atom. The van der Waals surface area contributed by atoms with E-state index in [9.17, 15) is 0 Å². The van der Waals surface area contributed by atoms with E-state index in [1.54, 1.807) is 11.3 Å². The van der Waals surface area contributed by atoms with Crippen LogP contribution in [0.2, 0.25) is 5.28 Å². The lowest BCUT2D eigenvalue weighted by Gasteiger charge is -1.98. The van der Waals surface area contributed by atoms with E-state index in [-0.39, 0.29) is 5.28 Å². The first-order valence-electron chi connectivity index (χ1n) is 4.49. The molecule has 2 N–H and O–H groups in total. The normalized spacial score (nSPS) is 14.9. The summed E-state index contributed by atoms with van der Waals surface area (Å²) in [5.41, 5.74) is 7.19. The average Bonchev–Trinajstić information content (AvgIpc) is 2.60. The fourth-order valence-corrected chi connectivity index (χ4v) is 3.49. The molecule has 2 aromatic heterocycles. The third kappa shape index (κ3) is 1.04. The number of thiophene rings is 1. The summed E-state index contributed by atoms with van der Waals surface area (Å²) in [5, 5.41) is 1.28. The molecule has 1 aliphatic rings. The molecule has 0 saturated heterocycles. The smallest absolute Gasteiger partial charge is 0.225 e. The van der Waals surface area contributed by atoms with Crippen molar-refractivity contribution >= 4 is 39.0 Å². The first-order chi connectivity index (χ1) is 6.75. The maximum atomic E-state index is 5.85. The van der Waals surface area contributed by atoms with Crippen LogP contribution < -0.4 is 5.73 Å². The lowest BCUT2D eigenvalue weighted by atomic mass is 10.2. The summed E-state index contributed by atoms with van der Waals surface area (Å²) in [6, 6.07) is 0. The number of nitrogen functional groups attached to an aromatic ring is 1. The molecule has 0 aliphatic heterocycles. The molecule has 5 heteroatoms. The molecule has 1 aliphatic carbocycles. The Morgan fingerprint density at radius 3 is 3.00 bits per heavy atom. The van der Waals surface area contributed by atoms with Crippen LogP contribution in [0.4, 0.5) is 5.82 Å². The molecule has 0 fully saturated rings. The van der Waals surface area contributed by atoms with Crippen molar-refractivity contribution in [1.29, 1.82) is 0 Å². The van der Waals surface area contributed by atoms with Crippen LogP contribution >= 0.6 is 22.9 Å². The highest BCUT2D eigenvalue weighted by atomic mass is 35.5. The van der Waals surface area contributed by atoms with Gasteiger partial charge in [-0.25, -0.2) is 9.97 Å². The second-order valence-corrected chi connectivity index (χ2v) is 4.84. The standard InChI is InChI=1S/C9H8ClN3S/c10-9-12-7(11)6-4-2-1-3-5(4)14-8(6)13-9/h1-3H2,(H2,11,12,13). The van der Waals surface area contributed by atoms with E-state index in [0.29, 0.717) is 5.82 Å². The maximum Gasteiger partial charge on any atom is 0.225 e. The molecule has 2 heterocycles. The molecule has 3 nitrogen and oxygen atoms in total. The van der Waals surface area contributed by atoms with Crippen molar-refractivity contribution in [3.63, 3.8) is 0 Å². The number of hydrogen-bond donors (Lipinski definition) is 1. The Kier molecular flexibility index (Phi) is 1.69. The van der Waals surface area contributed by atoms with Crippen molar-refractivity contribution < 1.29 is 0 Å². The van der Waals surface area contributed by atoms with Crippen LogP contribution in [0.5, 0.6) is 0 Å². The van der Waals surface area contributed by atoms with Crippen molar-refractivity contribution in [1.82, 2.24) is 9.97 Å². The second-order valence-electron chi connectivity index (χ2n) is 3.42. The van der Waals surface area contributed by atoms with Gasteiger partial charge in [-0.2, -0.15) is 0 Å². The maximum absolute atomic E-state index is 5.85. The zero-order valence-electron chi connectivity index (χ0n) is 7.38. The topological polar surface area (TPSA) is 51.8 Å². The average molecular weight is 226 g/mol. The Labute approximate surface area is 89.9 Å². The van der Waals surface area contributed by atoms with Gasteiger partial charge in [0.15, 0.2) is 0 Å². The Balaban J connectivity index is 2.43. The van der Waals surface area contributed by atoms with Crippen LogP contribution in [0.1, 0.15) is 16.9 Å². The number of halogens is 1. The van der Waals surface area contributed by atoms with Gasteiger partial charge in [0.05, 0.1) is 5.39 Å². The summed E-state index contributed by atoms with van der Waals surface area (Å²) in [7, 11) is 0. The fourth-order valence-electron chi connectivity index (χ4n) is 2.00. The summed E-state index contributed by atoms with van der Waals surface area (Å²) in [5.74, 6) is 0.527. The predicted molar refractivity (Wildman–Crippen MR) is 58.9 cm³/mol. The van der Waals surface area contributed by atoms with Gasteiger partial charge in [0.25, 0.3) is 0 Å². The largest absolute Gasteiger partial charge is 0.383 e. The van der Waals surface area contributed by atoms with Crippen molar-refractivity contribution in [3.05, 3.63) is 15.7 Å². The number of fused-ring (bicyclic) bond motifs is 3. The van der Waals surface area contributed by atoms with E-state index >= 15 is 0 Å². The van der Waals surface area contributed by atoms with Crippen molar-refractivity contribution in [2.75, 3.05) is 5.73 Å². The van der Waals surface area contributed by atoms with Crippen LogP contribution in [0.3, 0.4) is 0 Å². The van der Waals surface area contributed by atoms with Crippen LogP contribution in [0.15, 0.2) is 0 Å². The zero-order chi connectivity index (χ0) is 9.71. The molecule has 14 heavy (non-hydrogen) atoms. The van der Waals surface area contributed by atoms with E-state index in [1.807, 2.05) is 0 Å².